The molecule has 0 rings (SSSR count). The van der Waals surface area contributed by atoms with Gasteiger partial charge in [0.15, 0.2) is 0 Å². The largest absolute Gasteiger partial charge is 0.379 e. The second kappa shape index (κ2) is 20.9. The maximum absolute atomic E-state index is 12.6. The molecule has 0 aliphatic rings. The molecule has 3 N–H and O–H groups in total. The van der Waals surface area contributed by atoms with E-state index in [0.29, 0.717) is 77.7 Å². The maximum atomic E-state index is 12.6. The van der Waals surface area contributed by atoms with E-state index in [1.54, 1.807) is 0 Å². The summed E-state index contributed by atoms with van der Waals surface area (Å²) in [5, 5.41) is 8.50. The highest BCUT2D eigenvalue weighted by Crippen LogP contribution is 2.03. The van der Waals surface area contributed by atoms with Crippen LogP contribution >= 0.6 is 0 Å². The van der Waals surface area contributed by atoms with Crippen LogP contribution in [0.2, 0.25) is 0 Å². The summed E-state index contributed by atoms with van der Waals surface area (Å²) in [7, 11) is 0. The molecule has 1 atom stereocenters. The summed E-state index contributed by atoms with van der Waals surface area (Å²) in [4.78, 5) is 36.5. The van der Waals surface area contributed by atoms with Crippen LogP contribution in [-0.4, -0.2) is 76.5 Å². The Hall–Kier alpha value is -1.71. The first-order valence-electron chi connectivity index (χ1n) is 12.3. The van der Waals surface area contributed by atoms with E-state index in [-0.39, 0.29) is 23.6 Å². The molecule has 0 spiro atoms. The van der Waals surface area contributed by atoms with E-state index < -0.39 is 6.04 Å². The van der Waals surface area contributed by atoms with Crippen molar-refractivity contribution >= 4 is 17.7 Å². The third-order valence-corrected chi connectivity index (χ3v) is 4.47. The summed E-state index contributed by atoms with van der Waals surface area (Å²) in [6, 6.07) is -0.635. The van der Waals surface area contributed by atoms with E-state index in [0.717, 1.165) is 13.0 Å². The van der Waals surface area contributed by atoms with Crippen molar-refractivity contribution in [2.75, 3.05) is 52.7 Å². The minimum Gasteiger partial charge on any atom is -0.379 e. The summed E-state index contributed by atoms with van der Waals surface area (Å²) < 4.78 is 16.2. The first-order chi connectivity index (χ1) is 15.8. The summed E-state index contributed by atoms with van der Waals surface area (Å²) >= 11 is 0. The van der Waals surface area contributed by atoms with Crippen molar-refractivity contribution in [1.29, 1.82) is 0 Å². The minimum absolute atomic E-state index is 0.00413. The Bertz CT molecular complexity index is 528. The molecule has 3 amide bonds. The lowest BCUT2D eigenvalue weighted by Crippen LogP contribution is -2.48. The lowest BCUT2D eigenvalue weighted by molar-refractivity contribution is -0.129. The van der Waals surface area contributed by atoms with E-state index in [1.165, 1.54) is 0 Å². The first kappa shape index (κ1) is 31.3. The summed E-state index contributed by atoms with van der Waals surface area (Å²) in [6.45, 7) is 13.9. The molecule has 0 aromatic carbocycles. The molecular weight excluding hydrogens is 426 g/mol. The maximum Gasteiger partial charge on any atom is 0.242 e. The Labute approximate surface area is 200 Å². The van der Waals surface area contributed by atoms with Gasteiger partial charge in [-0.15, -0.1) is 0 Å². The number of rotatable bonds is 21. The molecule has 0 saturated heterocycles. The van der Waals surface area contributed by atoms with Crippen molar-refractivity contribution in [1.82, 2.24) is 16.0 Å². The normalized spacial score (nSPS) is 12.1. The third kappa shape index (κ3) is 20.6. The smallest absolute Gasteiger partial charge is 0.242 e. The van der Waals surface area contributed by atoms with Gasteiger partial charge in [-0.2, -0.15) is 0 Å². The second-order valence-corrected chi connectivity index (χ2v) is 8.94. The molecule has 0 radical (unpaired) electrons. The van der Waals surface area contributed by atoms with Crippen LogP contribution < -0.4 is 16.0 Å². The van der Waals surface area contributed by atoms with Crippen LogP contribution in [0.3, 0.4) is 0 Å². The van der Waals surface area contributed by atoms with Gasteiger partial charge < -0.3 is 30.2 Å². The quantitative estimate of drug-likeness (QED) is 0.220. The highest BCUT2D eigenvalue weighted by Gasteiger charge is 2.20. The van der Waals surface area contributed by atoms with Crippen molar-refractivity contribution in [2.45, 2.75) is 72.8 Å². The zero-order valence-corrected chi connectivity index (χ0v) is 21.4. The molecule has 0 fully saturated rings. The first-order valence-corrected chi connectivity index (χ1v) is 12.3. The fourth-order valence-corrected chi connectivity index (χ4v) is 2.93. The summed E-state index contributed by atoms with van der Waals surface area (Å²) in [5.41, 5.74) is 0. The fraction of sp³-hybridized carbons (Fsp3) is 0.875. The van der Waals surface area contributed by atoms with Gasteiger partial charge in [-0.1, -0.05) is 34.6 Å². The molecule has 0 aromatic heterocycles. The predicted octanol–water partition coefficient (Wildman–Crippen LogP) is 2.04. The van der Waals surface area contributed by atoms with Gasteiger partial charge in [0.05, 0.1) is 33.0 Å². The zero-order chi connectivity index (χ0) is 24.9. The van der Waals surface area contributed by atoms with Gasteiger partial charge in [-0.25, -0.2) is 0 Å². The molecule has 0 heterocycles. The molecule has 0 aliphatic carbocycles. The average molecular weight is 474 g/mol. The van der Waals surface area contributed by atoms with Gasteiger partial charge in [0, 0.05) is 32.5 Å². The number of nitrogens with one attached hydrogen (secondary N) is 3. The van der Waals surface area contributed by atoms with Crippen molar-refractivity contribution in [3.8, 4) is 0 Å². The highest BCUT2D eigenvalue weighted by atomic mass is 16.5. The molecule has 9 nitrogen and oxygen atoms in total. The predicted molar refractivity (Wildman–Crippen MR) is 129 cm³/mol. The number of carbonyl (C=O) groups excluding carboxylic acids is 3. The molecule has 33 heavy (non-hydrogen) atoms. The van der Waals surface area contributed by atoms with Gasteiger partial charge in [0.2, 0.25) is 17.7 Å². The van der Waals surface area contributed by atoms with Gasteiger partial charge in [0.1, 0.15) is 6.04 Å². The van der Waals surface area contributed by atoms with Crippen molar-refractivity contribution in [2.24, 2.45) is 11.8 Å². The molecular formula is C24H47N3O6. The summed E-state index contributed by atoms with van der Waals surface area (Å²) in [6.07, 6.45) is 2.88. The molecule has 9 heteroatoms. The molecule has 0 aromatic rings. The average Bonchev–Trinajstić information content (AvgIpc) is 2.72. The Morgan fingerprint density at radius 1 is 0.697 bits per heavy atom. The lowest BCUT2D eigenvalue weighted by atomic mass is 10.1. The Kier molecular flexibility index (Phi) is 19.8. The van der Waals surface area contributed by atoms with Crippen molar-refractivity contribution < 1.29 is 28.6 Å². The molecule has 0 aliphatic heterocycles. The molecule has 0 bridgehead atoms. The molecule has 1 unspecified atom stereocenters. The Balaban J connectivity index is 4.19. The van der Waals surface area contributed by atoms with Crippen molar-refractivity contribution in [3.05, 3.63) is 0 Å². The van der Waals surface area contributed by atoms with Crippen molar-refractivity contribution in [3.63, 3.8) is 0 Å². The van der Waals surface area contributed by atoms with Crippen LogP contribution in [0.4, 0.5) is 0 Å². The van der Waals surface area contributed by atoms with E-state index in [9.17, 15) is 14.4 Å². The summed E-state index contributed by atoms with van der Waals surface area (Å²) in [5.74, 6) is 0.119. The van der Waals surface area contributed by atoms with Gasteiger partial charge in [-0.3, -0.25) is 14.4 Å². The van der Waals surface area contributed by atoms with E-state index in [4.69, 9.17) is 14.2 Å². The zero-order valence-electron chi connectivity index (χ0n) is 21.4. The van der Waals surface area contributed by atoms with Gasteiger partial charge in [-0.05, 0) is 31.1 Å². The van der Waals surface area contributed by atoms with Crippen LogP contribution in [0, 0.1) is 11.8 Å². The number of hydrogen-bond acceptors (Lipinski definition) is 6. The van der Waals surface area contributed by atoms with E-state index in [2.05, 4.69) is 22.9 Å². The Morgan fingerprint density at radius 3 is 1.82 bits per heavy atom. The fourth-order valence-electron chi connectivity index (χ4n) is 2.93. The molecule has 0 saturated carbocycles. The van der Waals surface area contributed by atoms with Crippen LogP contribution in [0.15, 0.2) is 0 Å². The van der Waals surface area contributed by atoms with E-state index in [1.807, 2.05) is 27.7 Å². The number of amides is 3. The SMILES string of the molecule is CCCOCCOCCOCCNC(=O)C(CCCNC(=O)CC(C)C)NC(=O)CC(C)C. The Morgan fingerprint density at radius 2 is 1.24 bits per heavy atom. The third-order valence-electron chi connectivity index (χ3n) is 4.47. The number of hydrogen-bond donors (Lipinski definition) is 3. The lowest BCUT2D eigenvalue weighted by Gasteiger charge is -2.19. The van der Waals surface area contributed by atoms with Crippen LogP contribution in [0.25, 0.3) is 0 Å². The van der Waals surface area contributed by atoms with Crippen LogP contribution in [0.5, 0.6) is 0 Å². The van der Waals surface area contributed by atoms with Crippen LogP contribution in [-0.2, 0) is 28.6 Å². The number of carbonyl (C=O) groups is 3. The van der Waals surface area contributed by atoms with Gasteiger partial charge >= 0.3 is 0 Å². The standard InChI is InChI=1S/C24H47N3O6/c1-6-11-31-13-15-33-16-14-32-12-10-26-24(30)21(27-23(29)18-20(4)5)8-7-9-25-22(28)17-19(2)3/h19-21H,6-18H2,1-5H3,(H,25,28)(H,26,30)(H,27,29). The monoisotopic (exact) mass is 473 g/mol. The topological polar surface area (TPSA) is 115 Å². The van der Waals surface area contributed by atoms with Crippen LogP contribution in [0.1, 0.15) is 66.7 Å². The highest BCUT2D eigenvalue weighted by molar-refractivity contribution is 5.87. The van der Waals surface area contributed by atoms with E-state index >= 15 is 0 Å². The second-order valence-electron chi connectivity index (χ2n) is 8.94. The van der Waals surface area contributed by atoms with Gasteiger partial charge in [0.25, 0.3) is 0 Å². The molecule has 194 valence electrons. The number of ether oxygens (including phenoxy) is 3. The minimum atomic E-state index is -0.635.